The lowest BCUT2D eigenvalue weighted by atomic mass is 9.54. The number of ether oxygens (including phenoxy) is 1. The second-order valence-corrected chi connectivity index (χ2v) is 10.9. The fraction of sp³-hybridized carbons (Fsp3) is 0.947. The number of hydrogen-bond donors (Lipinski definition) is 2. The summed E-state index contributed by atoms with van der Waals surface area (Å²) in [6, 6.07) is 0.731. The minimum Gasteiger partial charge on any atom is -0.377 e. The number of guanidine groups is 1. The lowest BCUT2D eigenvalue weighted by molar-refractivity contribution is -0.125. The third-order valence-corrected chi connectivity index (χ3v) is 9.24. The molecule has 0 bridgehead atoms. The van der Waals surface area contributed by atoms with Crippen LogP contribution >= 0.6 is 24.0 Å². The van der Waals surface area contributed by atoms with Gasteiger partial charge in [0.15, 0.2) is 5.96 Å². The first-order valence-electron chi connectivity index (χ1n) is 10.6. The van der Waals surface area contributed by atoms with E-state index >= 15 is 0 Å². The Labute approximate surface area is 186 Å². The predicted octanol–water partition coefficient (Wildman–Crippen LogP) is 1.93. The molecular weight excluding hydrogens is 491 g/mol. The Morgan fingerprint density at radius 3 is 2.46 bits per heavy atom. The Morgan fingerprint density at radius 1 is 1.18 bits per heavy atom. The van der Waals surface area contributed by atoms with Crippen LogP contribution in [0, 0.1) is 11.3 Å². The van der Waals surface area contributed by atoms with E-state index in [0.717, 1.165) is 31.8 Å². The smallest absolute Gasteiger partial charge is 0.213 e. The van der Waals surface area contributed by atoms with Gasteiger partial charge in [-0.2, -0.15) is 0 Å². The van der Waals surface area contributed by atoms with Crippen LogP contribution in [0.15, 0.2) is 4.99 Å². The van der Waals surface area contributed by atoms with E-state index in [2.05, 4.69) is 15.6 Å². The number of nitrogens with one attached hydrogen (secondary N) is 2. The van der Waals surface area contributed by atoms with Crippen LogP contribution < -0.4 is 10.6 Å². The Balaban J connectivity index is 0.00000225. The minimum absolute atomic E-state index is 0. The van der Waals surface area contributed by atoms with E-state index in [9.17, 15) is 8.42 Å². The van der Waals surface area contributed by atoms with Crippen LogP contribution in [0.4, 0.5) is 0 Å². The summed E-state index contributed by atoms with van der Waals surface area (Å²) in [4.78, 5) is 4.48. The third kappa shape index (κ3) is 3.92. The first-order valence-corrected chi connectivity index (χ1v) is 12.2. The van der Waals surface area contributed by atoms with Crippen molar-refractivity contribution < 1.29 is 13.2 Å². The molecule has 2 aliphatic heterocycles. The summed E-state index contributed by atoms with van der Waals surface area (Å²) in [6.45, 7) is 3.79. The summed E-state index contributed by atoms with van der Waals surface area (Å²) in [7, 11) is -1.24. The van der Waals surface area contributed by atoms with Gasteiger partial charge in [0.05, 0.1) is 11.9 Å². The maximum Gasteiger partial charge on any atom is 0.213 e. The van der Waals surface area contributed by atoms with Gasteiger partial charge in [0.2, 0.25) is 10.0 Å². The molecule has 0 aromatic carbocycles. The summed E-state index contributed by atoms with van der Waals surface area (Å²) < 4.78 is 31.8. The molecule has 3 unspecified atom stereocenters. The fourth-order valence-electron chi connectivity index (χ4n) is 5.88. The second-order valence-electron chi connectivity index (χ2n) is 8.60. The molecular formula is C19H35IN4O3S. The van der Waals surface area contributed by atoms with Gasteiger partial charge in [0, 0.05) is 50.2 Å². The molecule has 4 fully saturated rings. The van der Waals surface area contributed by atoms with Crippen molar-refractivity contribution in [3.63, 3.8) is 0 Å². The van der Waals surface area contributed by atoms with Crippen LogP contribution in [0.2, 0.25) is 0 Å². The van der Waals surface area contributed by atoms with Gasteiger partial charge in [0.1, 0.15) is 0 Å². The summed E-state index contributed by atoms with van der Waals surface area (Å²) in [5.74, 6) is 1.66. The van der Waals surface area contributed by atoms with Crippen molar-refractivity contribution in [1.82, 2.24) is 14.9 Å². The molecule has 0 radical (unpaired) electrons. The van der Waals surface area contributed by atoms with Crippen molar-refractivity contribution >= 4 is 40.0 Å². The van der Waals surface area contributed by atoms with E-state index in [1.807, 2.05) is 7.05 Å². The Hall–Kier alpha value is -0.130. The van der Waals surface area contributed by atoms with E-state index in [1.165, 1.54) is 25.7 Å². The number of sulfonamides is 1. The fourth-order valence-corrected chi connectivity index (χ4v) is 7.01. The van der Waals surface area contributed by atoms with E-state index in [1.54, 1.807) is 11.2 Å². The number of hydrogen-bond acceptors (Lipinski definition) is 4. The first kappa shape index (κ1) is 22.6. The molecule has 3 atom stereocenters. The lowest BCUT2D eigenvalue weighted by Gasteiger charge is -2.57. The van der Waals surface area contributed by atoms with Crippen LogP contribution in [0.3, 0.4) is 0 Å². The van der Waals surface area contributed by atoms with E-state index < -0.39 is 10.0 Å². The zero-order valence-corrected chi connectivity index (χ0v) is 20.2. The Morgan fingerprint density at radius 2 is 1.86 bits per heavy atom. The van der Waals surface area contributed by atoms with Crippen LogP contribution in [0.1, 0.15) is 51.9 Å². The molecule has 7 nitrogen and oxygen atoms in total. The van der Waals surface area contributed by atoms with Gasteiger partial charge >= 0.3 is 0 Å². The quantitative estimate of drug-likeness (QED) is 0.333. The van der Waals surface area contributed by atoms with Gasteiger partial charge < -0.3 is 15.4 Å². The Kier molecular flexibility index (Phi) is 7.19. The SMILES string of the molecule is CCS(=O)(=O)N1CCC(NC(=NC)NC2C3CCOC3C23CCCC3)CC1.I. The lowest BCUT2D eigenvalue weighted by Crippen LogP contribution is -2.69. The average molecular weight is 526 g/mol. The van der Waals surface area contributed by atoms with E-state index in [0.29, 0.717) is 36.6 Å². The first-order chi connectivity index (χ1) is 13.0. The van der Waals surface area contributed by atoms with Gasteiger partial charge in [-0.15, -0.1) is 24.0 Å². The van der Waals surface area contributed by atoms with E-state index in [4.69, 9.17) is 4.74 Å². The molecule has 9 heteroatoms. The molecule has 4 aliphatic rings. The minimum atomic E-state index is -3.07. The number of rotatable bonds is 4. The summed E-state index contributed by atoms with van der Waals surface area (Å²) in [6.07, 6.45) is 8.37. The van der Waals surface area contributed by atoms with Crippen LogP contribution in [-0.2, 0) is 14.8 Å². The molecule has 162 valence electrons. The standard InChI is InChI=1S/C19H34N4O3S.HI/c1-3-27(24,25)23-11-6-14(7-12-23)21-18(20-2)22-16-15-8-13-26-17(15)19(16)9-4-5-10-19;/h14-17H,3-13H2,1-2H3,(H2,20,21,22);1H. The van der Waals surface area contributed by atoms with Crippen molar-refractivity contribution in [2.24, 2.45) is 16.3 Å². The normalized spacial score (nSPS) is 33.2. The van der Waals surface area contributed by atoms with E-state index in [-0.39, 0.29) is 35.8 Å². The molecule has 4 rings (SSSR count). The highest BCUT2D eigenvalue weighted by atomic mass is 127. The van der Waals surface area contributed by atoms with Crippen molar-refractivity contribution in [3.05, 3.63) is 0 Å². The third-order valence-electron chi connectivity index (χ3n) is 7.35. The van der Waals surface area contributed by atoms with Gasteiger partial charge in [0.25, 0.3) is 0 Å². The zero-order valence-electron chi connectivity index (χ0n) is 17.0. The zero-order chi connectivity index (χ0) is 19.1. The van der Waals surface area contributed by atoms with Crippen molar-refractivity contribution in [2.75, 3.05) is 32.5 Å². The van der Waals surface area contributed by atoms with Crippen molar-refractivity contribution in [2.45, 2.75) is 70.1 Å². The van der Waals surface area contributed by atoms with Crippen LogP contribution in [0.25, 0.3) is 0 Å². The monoisotopic (exact) mass is 526 g/mol. The molecule has 2 saturated heterocycles. The maximum atomic E-state index is 12.0. The van der Waals surface area contributed by atoms with Gasteiger partial charge in [-0.1, -0.05) is 12.8 Å². The molecule has 2 N–H and O–H groups in total. The largest absolute Gasteiger partial charge is 0.377 e. The predicted molar refractivity (Wildman–Crippen MR) is 122 cm³/mol. The summed E-state index contributed by atoms with van der Waals surface area (Å²) in [5.41, 5.74) is 0.303. The second kappa shape index (κ2) is 8.93. The molecule has 1 spiro atoms. The summed E-state index contributed by atoms with van der Waals surface area (Å²) in [5, 5.41) is 7.29. The molecule has 0 aromatic heterocycles. The number of fused-ring (bicyclic) bond motifs is 2. The van der Waals surface area contributed by atoms with Crippen LogP contribution in [0.5, 0.6) is 0 Å². The molecule has 0 aromatic rings. The van der Waals surface area contributed by atoms with Crippen molar-refractivity contribution in [1.29, 1.82) is 0 Å². The molecule has 0 amide bonds. The molecule has 2 saturated carbocycles. The Bertz CT molecular complexity index is 673. The number of halogens is 1. The number of nitrogens with zero attached hydrogens (tertiary/aromatic N) is 2. The van der Waals surface area contributed by atoms with Crippen LogP contribution in [-0.4, -0.2) is 69.4 Å². The molecule has 2 aliphatic carbocycles. The molecule has 28 heavy (non-hydrogen) atoms. The number of piperidine rings is 1. The highest BCUT2D eigenvalue weighted by Gasteiger charge is 2.65. The van der Waals surface area contributed by atoms with Gasteiger partial charge in [-0.05, 0) is 39.0 Å². The van der Waals surface area contributed by atoms with Gasteiger partial charge in [-0.25, -0.2) is 12.7 Å². The summed E-state index contributed by atoms with van der Waals surface area (Å²) >= 11 is 0. The average Bonchev–Trinajstić information content (AvgIpc) is 3.34. The topological polar surface area (TPSA) is 83.0 Å². The number of aliphatic imine (C=N–C) groups is 1. The van der Waals surface area contributed by atoms with Crippen molar-refractivity contribution in [3.8, 4) is 0 Å². The van der Waals surface area contributed by atoms with Gasteiger partial charge in [-0.3, -0.25) is 4.99 Å². The highest BCUT2D eigenvalue weighted by Crippen LogP contribution is 2.60. The highest BCUT2D eigenvalue weighted by molar-refractivity contribution is 14.0. The molecule has 2 heterocycles. The maximum absolute atomic E-state index is 12.0.